The van der Waals surface area contributed by atoms with E-state index in [1.54, 1.807) is 87.6 Å². The van der Waals surface area contributed by atoms with Crippen molar-refractivity contribution in [1.82, 2.24) is 34.9 Å². The average Bonchev–Trinajstić information content (AvgIpc) is 1.85. The topological polar surface area (TPSA) is 462 Å². The number of ether oxygens (including phenoxy) is 10. The van der Waals surface area contributed by atoms with E-state index < -0.39 is 32.8 Å². The van der Waals surface area contributed by atoms with Gasteiger partial charge in [-0.05, 0) is 177 Å². The number of nitrogen functional groups attached to an aromatic ring is 1. The average molecular weight is 1830 g/mol. The summed E-state index contributed by atoms with van der Waals surface area (Å²) in [5, 5.41) is 3.35. The maximum Gasteiger partial charge on any atom is 0.522 e. The minimum Gasteiger partial charge on any atom is -0.481 e. The predicted molar refractivity (Wildman–Crippen MR) is 445 cm³/mol. The Hall–Kier alpha value is -9.95. The van der Waals surface area contributed by atoms with Gasteiger partial charge in [0.25, 0.3) is 0 Å². The van der Waals surface area contributed by atoms with E-state index in [4.69, 9.17) is 95.8 Å². The molecule has 0 amide bonds. The number of hydrogen-bond acceptors (Lipinski definition) is 31. The molecule has 0 aliphatic carbocycles. The van der Waals surface area contributed by atoms with Gasteiger partial charge in [0.05, 0.1) is 116 Å². The Morgan fingerprint density at radius 2 is 0.975 bits per heavy atom. The van der Waals surface area contributed by atoms with Gasteiger partial charge in [0.1, 0.15) is 46.6 Å². The van der Waals surface area contributed by atoms with Gasteiger partial charge in [0.2, 0.25) is 23.2 Å². The largest absolute Gasteiger partial charge is 0.522 e. The molecule has 33 nitrogen and oxygen atoms in total. The smallest absolute Gasteiger partial charge is 0.481 e. The van der Waals surface area contributed by atoms with Crippen molar-refractivity contribution in [3.8, 4) is 17.6 Å². The fraction of sp³-hybridized carbons (Fsp3) is 0.395. The number of aromatic nitrogens is 7. The van der Waals surface area contributed by atoms with Crippen molar-refractivity contribution >= 4 is 140 Å². The van der Waals surface area contributed by atoms with Crippen molar-refractivity contribution in [2.24, 2.45) is 0 Å². The zero-order valence-corrected chi connectivity index (χ0v) is 73.9. The number of aromatic amines is 1. The van der Waals surface area contributed by atoms with Crippen LogP contribution in [0.4, 0.5) is 19.0 Å². The van der Waals surface area contributed by atoms with Crippen LogP contribution in [-0.4, -0.2) is 187 Å². The molecule has 1 saturated heterocycles. The normalized spacial score (nSPS) is 17.7. The quantitative estimate of drug-likeness (QED) is 0.0219. The molecule has 0 radical (unpaired) electrons. The van der Waals surface area contributed by atoms with Crippen LogP contribution >= 0.6 is 62.1 Å². The van der Waals surface area contributed by atoms with Crippen LogP contribution in [0, 0.1) is 5.31 Å². The van der Waals surface area contributed by atoms with Crippen molar-refractivity contribution in [3.05, 3.63) is 203 Å². The van der Waals surface area contributed by atoms with Gasteiger partial charge in [-0.2, -0.15) is 21.6 Å². The van der Waals surface area contributed by atoms with Crippen LogP contribution in [0.15, 0.2) is 114 Å². The first kappa shape index (κ1) is 103. The van der Waals surface area contributed by atoms with Crippen LogP contribution < -0.4 is 25.5 Å². The predicted octanol–water partition coefficient (Wildman–Crippen LogP) is 14.8. The maximum absolute atomic E-state index is 11.4. The molecule has 13 heterocycles. The zero-order valence-electron chi connectivity index (χ0n) is 69.4. The molecule has 13 rings (SSSR count). The van der Waals surface area contributed by atoms with Gasteiger partial charge in [0, 0.05) is 68.2 Å². The van der Waals surface area contributed by atoms with Crippen molar-refractivity contribution in [2.45, 2.75) is 162 Å². The third kappa shape index (κ3) is 35.2. The van der Waals surface area contributed by atoms with Crippen LogP contribution in [0.1, 0.15) is 184 Å². The molecule has 0 aromatic carbocycles. The molecule has 0 spiro atoms. The van der Waals surface area contributed by atoms with Gasteiger partial charge in [-0.25, -0.2) is 58.5 Å². The van der Waals surface area contributed by atoms with Crippen molar-refractivity contribution in [3.63, 3.8) is 0 Å². The number of anilines is 1. The molecule has 656 valence electrons. The van der Waals surface area contributed by atoms with E-state index >= 15 is 0 Å². The Bertz CT molecular complexity index is 4930. The van der Waals surface area contributed by atoms with Gasteiger partial charge in [0.15, 0.2) is 0 Å². The summed E-state index contributed by atoms with van der Waals surface area (Å²) in [4.78, 5) is 117. The number of carbonyl (C=O) groups excluding carboxylic acids is 7. The summed E-state index contributed by atoms with van der Waals surface area (Å²) in [6.45, 7) is 22.8. The first-order valence-electron chi connectivity index (χ1n) is 36.2. The molecule has 5 atom stereocenters. The molecule has 45 heteroatoms. The van der Waals surface area contributed by atoms with Crippen LogP contribution in [0.2, 0.25) is 17.1 Å². The number of H-pyrrole nitrogens is 1. The van der Waals surface area contributed by atoms with Gasteiger partial charge in [-0.1, -0.05) is 41.3 Å². The number of pyridine rings is 7. The third-order valence-corrected chi connectivity index (χ3v) is 17.3. The number of halogens is 8. The summed E-state index contributed by atoms with van der Waals surface area (Å²) in [5.41, 5.74) is 6.73. The maximum atomic E-state index is 11.4. The summed E-state index contributed by atoms with van der Waals surface area (Å²) in [5.74, 6) is 1.22. The van der Waals surface area contributed by atoms with Crippen LogP contribution in [-0.2, 0) is 89.3 Å². The van der Waals surface area contributed by atoms with Crippen LogP contribution in [0.3, 0.4) is 0 Å². The minimum absolute atomic E-state index is 0.0752. The van der Waals surface area contributed by atoms with Crippen molar-refractivity contribution in [2.75, 3.05) is 41.3 Å². The van der Waals surface area contributed by atoms with E-state index in [-0.39, 0.29) is 101 Å². The molecule has 121 heavy (non-hydrogen) atoms. The number of hydrogen-bond donors (Lipinski definition) is 4. The fourth-order valence-corrected chi connectivity index (χ4v) is 10.5. The molecular formula is C76H90B2Cl5F3N9O24PS. The Morgan fingerprint density at radius 3 is 1.41 bits per heavy atom. The fourth-order valence-electron chi connectivity index (χ4n) is 10.1. The molecule has 7 aromatic rings. The molecule has 5 N–H and O–H groups in total. The summed E-state index contributed by atoms with van der Waals surface area (Å²) in [7, 11) is 2.40. The molecule has 0 bridgehead atoms. The number of alkyl halides is 3. The number of nitrogens with two attached hydrogens (primary N) is 1. The van der Waals surface area contributed by atoms with Gasteiger partial charge >= 0.3 is 88.9 Å². The summed E-state index contributed by atoms with van der Waals surface area (Å²) >= 11 is 25.2. The summed E-state index contributed by atoms with van der Waals surface area (Å²) in [6.07, 6.45) is 8.20. The summed E-state index contributed by atoms with van der Waals surface area (Å²) < 4.78 is 135. The van der Waals surface area contributed by atoms with Crippen molar-refractivity contribution in [1.29, 1.82) is 5.31 Å². The number of fused-ring (bicyclic) bond motifs is 5. The monoisotopic (exact) mass is 1830 g/mol. The number of methoxy groups -OCH3 is 5. The van der Waals surface area contributed by atoms with E-state index in [0.717, 1.165) is 17.1 Å². The number of esters is 7. The minimum atomic E-state index is -5.84. The third-order valence-electron chi connectivity index (χ3n) is 16.2. The molecule has 5 unspecified atom stereocenters. The van der Waals surface area contributed by atoms with E-state index in [1.165, 1.54) is 65.8 Å². The number of allylic oxidation sites excluding steroid dienone is 2. The molecular weight excluding hydrogens is 1740 g/mol. The van der Waals surface area contributed by atoms with Gasteiger partial charge in [-0.3, -0.25) is 18.9 Å². The number of rotatable bonds is 7. The first-order chi connectivity index (χ1) is 56.8. The van der Waals surface area contributed by atoms with E-state index in [2.05, 4.69) is 106 Å². The molecule has 6 aliphatic rings. The Labute approximate surface area is 722 Å². The Kier molecular flexibility index (Phi) is 42.1. The second-order valence-electron chi connectivity index (χ2n) is 26.2. The van der Waals surface area contributed by atoms with Gasteiger partial charge in [-0.15, -0.1) is 0 Å². The van der Waals surface area contributed by atoms with E-state index in [9.17, 15) is 56.1 Å². The Morgan fingerprint density at radius 1 is 0.603 bits per heavy atom. The van der Waals surface area contributed by atoms with Crippen LogP contribution in [0.25, 0.3) is 6.08 Å². The first-order valence-corrected chi connectivity index (χ1v) is 42.3. The number of carbonyl (C=O) groups is 7. The van der Waals surface area contributed by atoms with Crippen LogP contribution in [0.5, 0.6) is 17.6 Å². The molecule has 7 aromatic heterocycles. The molecule has 6 aliphatic heterocycles. The van der Waals surface area contributed by atoms with E-state index in [0.29, 0.717) is 111 Å². The standard InChI is InChI=1S/C11H13NO3.C10H11NO3.C9H17BO2.C9H8ClNO2.C9H10N2O2.C9H9NO3.C9H9NO2.C8H8ClNO3.CH4BN.CHF3O3S.Cl3OP/c1-4-5-9-8(11(13)15-3)6-7-10(12-9)14-2;1-6-5-8-7(10(12)14-6)3-4-9(11-8)13-2;1-6-7-10-11-8(2,3)9(4,5)12-10;2*1-5-4-7-6(9(12)13-5)2-3-8(10)11-7;1-5-4-7-6(9(12)13-5)2-3-8(11)10-7;1-6-5-8-7(9(11)12-6)3-2-4-10-8;1-12-6-4-3-5(7(9)10-6)8(11)13-2;1-2-3;2-1(3,4)8(5,6)7;1-5(2,3)4/h4-7H,1-3H3;3-4,6H,5H2,1-2H3;6-7H,1-5H3;2-3,5H,4H2,1H3;2-3,5H,4H2,1H3,(H2,10,11);2-3,5H,4H2,1H3,(H,10,11);2-4,6H,5H2,1H3;3-4H,1-2H3;3H,1H3;(H,5,6,7);/b5-4+;;7-6+;;;;;;;;/i;;;;;;4D;;;;. The second-order valence-corrected chi connectivity index (χ2v) is 35.0. The summed E-state index contributed by atoms with van der Waals surface area (Å²) in [6, 6.07) is 22.1. The number of cyclic esters (lactones) is 5. The Balaban J connectivity index is 0.000000351. The van der Waals surface area contributed by atoms with E-state index in [1.807, 2.05) is 53.6 Å². The number of nitrogens with one attached hydrogen (secondary N) is 2. The van der Waals surface area contributed by atoms with Gasteiger partial charge < -0.3 is 67.4 Å². The zero-order chi connectivity index (χ0) is 92.5. The SMILES string of the molecule is C/C=C/B1OC(C)(C)C(C)(C)O1.C/C=C/c1nc(OC)ccc1C(=O)OC.CB=N.CC1Cc2[nH]c(=O)ccc2C(=O)O1.CC1Cc2nc(Cl)ccc2C(=O)O1.CC1Cc2nc(N)ccc2C(=O)O1.COC(=O)c1ccc(OC)nc1Cl.COc1ccc2c(n1)CC(C)OC2=O.O=P(Cl)(Cl)Cl.O=S(=O)(O)C(F)(F)F.[2H]c1ccc2c(n1)CC(C)OC2=O. The van der Waals surface area contributed by atoms with Crippen molar-refractivity contribution < 1.29 is 122 Å². The second kappa shape index (κ2) is 49.2. The molecule has 1 fully saturated rings. The number of nitrogens with zero attached hydrogens (tertiary/aromatic N) is 6. The molecule has 0 saturated carbocycles.